The van der Waals surface area contributed by atoms with Gasteiger partial charge >= 0.3 is 0 Å². The fraction of sp³-hybridized carbons (Fsp3) is 0.625. The van der Waals surface area contributed by atoms with Crippen LogP contribution in [0.5, 0.6) is 0 Å². The van der Waals surface area contributed by atoms with Crippen molar-refractivity contribution in [3.8, 4) is 0 Å². The number of ether oxygens (including phenoxy) is 1. The molecule has 5 heteroatoms. The van der Waals surface area contributed by atoms with E-state index in [9.17, 15) is 4.21 Å². The van der Waals surface area contributed by atoms with E-state index in [1.54, 1.807) is 0 Å². The normalized spacial score (nSPS) is 24.2. The molecule has 0 amide bonds. The lowest BCUT2D eigenvalue weighted by molar-refractivity contribution is 0.174. The molecule has 0 bridgehead atoms. The molecule has 0 aromatic heterocycles. The first-order valence-electron chi connectivity index (χ1n) is 7.38. The van der Waals surface area contributed by atoms with Gasteiger partial charge in [-0.1, -0.05) is 19.1 Å². The minimum absolute atomic E-state index is 0.284. The van der Waals surface area contributed by atoms with Crippen LogP contribution in [0.1, 0.15) is 39.7 Å². The van der Waals surface area contributed by atoms with E-state index >= 15 is 0 Å². The van der Waals surface area contributed by atoms with Gasteiger partial charge in [0.1, 0.15) is 0 Å². The Kier molecular flexibility index (Phi) is 5.52. The van der Waals surface area contributed by atoms with E-state index in [4.69, 9.17) is 4.74 Å². The summed E-state index contributed by atoms with van der Waals surface area (Å²) in [6.07, 6.45) is 0.856. The van der Waals surface area contributed by atoms with Crippen LogP contribution in [-0.4, -0.2) is 27.9 Å². The summed E-state index contributed by atoms with van der Waals surface area (Å²) in [5.74, 6) is 1.07. The van der Waals surface area contributed by atoms with Crippen molar-refractivity contribution in [3.05, 3.63) is 29.8 Å². The van der Waals surface area contributed by atoms with Gasteiger partial charge in [0.25, 0.3) is 0 Å². The van der Waals surface area contributed by atoms with Gasteiger partial charge in [-0.3, -0.25) is 0 Å². The quantitative estimate of drug-likeness (QED) is 0.842. The minimum Gasteiger partial charge on any atom is -0.379 e. The smallest absolute Gasteiger partial charge is 0.0979 e. The Morgan fingerprint density at radius 3 is 2.48 bits per heavy atom. The molecule has 1 fully saturated rings. The molecular formula is C16H25NO2S2. The molecule has 3 nitrogen and oxygen atoms in total. The second-order valence-electron chi connectivity index (χ2n) is 6.33. The number of benzene rings is 1. The average molecular weight is 328 g/mol. The van der Waals surface area contributed by atoms with E-state index in [-0.39, 0.29) is 10.3 Å². The third kappa shape index (κ3) is 4.09. The van der Waals surface area contributed by atoms with Crippen molar-refractivity contribution in [2.24, 2.45) is 0 Å². The molecule has 0 radical (unpaired) electrons. The first-order chi connectivity index (χ1) is 9.87. The molecule has 2 rings (SSSR count). The van der Waals surface area contributed by atoms with Gasteiger partial charge in [0.2, 0.25) is 0 Å². The second-order valence-corrected chi connectivity index (χ2v) is 9.63. The molecule has 21 heavy (non-hydrogen) atoms. The highest BCUT2D eigenvalue weighted by atomic mass is 32.2. The van der Waals surface area contributed by atoms with Crippen molar-refractivity contribution in [2.45, 2.75) is 49.3 Å². The average Bonchev–Trinajstić information content (AvgIpc) is 2.88. The van der Waals surface area contributed by atoms with Crippen LogP contribution in [0.3, 0.4) is 0 Å². The Morgan fingerprint density at radius 2 is 2.00 bits per heavy atom. The largest absolute Gasteiger partial charge is 0.379 e. The zero-order chi connectivity index (χ0) is 15.5. The summed E-state index contributed by atoms with van der Waals surface area (Å²) in [4.78, 5) is 1.27. The van der Waals surface area contributed by atoms with Gasteiger partial charge in [0, 0.05) is 11.5 Å². The van der Waals surface area contributed by atoms with Gasteiger partial charge < -0.3 is 4.74 Å². The number of hydrogen-bond acceptors (Lipinski definition) is 3. The van der Waals surface area contributed by atoms with Gasteiger partial charge in [-0.2, -0.15) is 0 Å². The Balaban J connectivity index is 2.23. The van der Waals surface area contributed by atoms with Crippen LogP contribution in [0.25, 0.3) is 0 Å². The summed E-state index contributed by atoms with van der Waals surface area (Å²) >= 11 is 1.83. The Labute approximate surface area is 134 Å². The summed E-state index contributed by atoms with van der Waals surface area (Å²) in [6, 6.07) is 8.57. The van der Waals surface area contributed by atoms with Crippen LogP contribution in [0, 0.1) is 0 Å². The summed E-state index contributed by atoms with van der Waals surface area (Å²) in [7, 11) is -1.11. The Hall–Kier alpha value is -0.360. The van der Waals surface area contributed by atoms with Crippen molar-refractivity contribution >= 4 is 22.7 Å². The van der Waals surface area contributed by atoms with E-state index in [1.807, 2.05) is 32.5 Å². The molecule has 1 heterocycles. The molecule has 2 unspecified atom stereocenters. The molecule has 1 aliphatic rings. The predicted molar refractivity (Wildman–Crippen MR) is 91.0 cm³/mol. The molecule has 0 saturated carbocycles. The van der Waals surface area contributed by atoms with E-state index < -0.39 is 11.0 Å². The van der Waals surface area contributed by atoms with Crippen molar-refractivity contribution in [3.63, 3.8) is 0 Å². The molecule has 1 aliphatic heterocycles. The van der Waals surface area contributed by atoms with Crippen molar-refractivity contribution < 1.29 is 8.95 Å². The van der Waals surface area contributed by atoms with Crippen LogP contribution in [-0.2, 0) is 21.3 Å². The van der Waals surface area contributed by atoms with Crippen LogP contribution in [0.4, 0.5) is 0 Å². The third-order valence-corrected chi connectivity index (χ3v) is 6.17. The summed E-state index contributed by atoms with van der Waals surface area (Å²) in [6.45, 7) is 9.40. The second kappa shape index (κ2) is 6.82. The molecule has 2 atom stereocenters. The lowest BCUT2D eigenvalue weighted by Crippen LogP contribution is -2.48. The SMILES string of the molecule is CCSc1ccc(C2(NS(=O)C(C)(C)C)CCOC2)cc1. The van der Waals surface area contributed by atoms with Crippen molar-refractivity contribution in [1.29, 1.82) is 0 Å². The van der Waals surface area contributed by atoms with Crippen LogP contribution in [0.15, 0.2) is 29.2 Å². The van der Waals surface area contributed by atoms with Gasteiger partial charge in [0.15, 0.2) is 0 Å². The highest BCUT2D eigenvalue weighted by Crippen LogP contribution is 2.33. The van der Waals surface area contributed by atoms with Crippen molar-refractivity contribution in [2.75, 3.05) is 19.0 Å². The number of thioether (sulfide) groups is 1. The predicted octanol–water partition coefficient (Wildman–Crippen LogP) is 3.47. The van der Waals surface area contributed by atoms with Gasteiger partial charge in [-0.05, 0) is 50.6 Å². The van der Waals surface area contributed by atoms with E-state index in [2.05, 4.69) is 35.9 Å². The number of hydrogen-bond donors (Lipinski definition) is 1. The molecule has 1 N–H and O–H groups in total. The molecule has 0 aliphatic carbocycles. The van der Waals surface area contributed by atoms with Crippen molar-refractivity contribution in [1.82, 2.24) is 4.72 Å². The molecule has 1 saturated heterocycles. The first-order valence-corrected chi connectivity index (χ1v) is 9.52. The molecule has 0 spiro atoms. The lowest BCUT2D eigenvalue weighted by atomic mass is 9.90. The van der Waals surface area contributed by atoms with Gasteiger partial charge in [-0.25, -0.2) is 8.93 Å². The fourth-order valence-electron chi connectivity index (χ4n) is 2.30. The topological polar surface area (TPSA) is 38.3 Å². The number of nitrogens with one attached hydrogen (secondary N) is 1. The highest BCUT2D eigenvalue weighted by molar-refractivity contribution is 7.99. The minimum atomic E-state index is -1.11. The van der Waals surface area contributed by atoms with E-state index in [1.165, 1.54) is 4.90 Å². The van der Waals surface area contributed by atoms with Crippen LogP contribution >= 0.6 is 11.8 Å². The molecule has 1 aromatic carbocycles. The highest BCUT2D eigenvalue weighted by Gasteiger charge is 2.40. The lowest BCUT2D eigenvalue weighted by Gasteiger charge is -2.32. The summed E-state index contributed by atoms with van der Waals surface area (Å²) in [5.41, 5.74) is 0.839. The monoisotopic (exact) mass is 327 g/mol. The van der Waals surface area contributed by atoms with Crippen LogP contribution < -0.4 is 4.72 Å². The van der Waals surface area contributed by atoms with E-state index in [0.29, 0.717) is 13.2 Å². The maximum Gasteiger partial charge on any atom is 0.0979 e. The van der Waals surface area contributed by atoms with E-state index in [0.717, 1.165) is 17.7 Å². The van der Waals surface area contributed by atoms with Crippen LogP contribution in [0.2, 0.25) is 0 Å². The maximum atomic E-state index is 12.5. The third-order valence-electron chi connectivity index (χ3n) is 3.58. The van der Waals surface area contributed by atoms with Gasteiger partial charge in [0.05, 0.1) is 27.9 Å². The molecular weight excluding hydrogens is 302 g/mol. The summed E-state index contributed by atoms with van der Waals surface area (Å²) in [5, 5.41) is 0. The van der Waals surface area contributed by atoms with Gasteiger partial charge in [-0.15, -0.1) is 11.8 Å². The standard InChI is InChI=1S/C16H25NO2S2/c1-5-20-14-8-6-13(7-9-14)16(10-11-19-12-16)17-21(18)15(2,3)4/h6-9,17H,5,10-12H2,1-4H3. The zero-order valence-corrected chi connectivity index (χ0v) is 14.9. The fourth-order valence-corrected chi connectivity index (χ4v) is 3.90. The summed E-state index contributed by atoms with van der Waals surface area (Å²) < 4.78 is 21.2. The number of rotatable bonds is 5. The zero-order valence-electron chi connectivity index (χ0n) is 13.3. The molecule has 1 aromatic rings. The Morgan fingerprint density at radius 1 is 1.33 bits per heavy atom. The first kappa shape index (κ1) is 17.0. The molecule has 118 valence electrons. The Bertz CT molecular complexity index is 488. The maximum absolute atomic E-state index is 12.5.